The predicted octanol–water partition coefficient (Wildman–Crippen LogP) is 4.99. The van der Waals surface area contributed by atoms with Gasteiger partial charge in [0.15, 0.2) is 11.5 Å². The summed E-state index contributed by atoms with van der Waals surface area (Å²) in [6, 6.07) is 22.9. The topological polar surface area (TPSA) is 60.0 Å². The number of rotatable bonds is 9. The van der Waals surface area contributed by atoms with Gasteiger partial charge in [0.05, 0.1) is 21.3 Å². The van der Waals surface area contributed by atoms with E-state index in [4.69, 9.17) is 14.2 Å². The number of para-hydroxylation sites is 1. The van der Waals surface area contributed by atoms with Crippen LogP contribution in [-0.4, -0.2) is 38.8 Å². The van der Waals surface area contributed by atoms with Crippen molar-refractivity contribution in [3.63, 3.8) is 0 Å². The minimum absolute atomic E-state index is 0.150. The minimum Gasteiger partial charge on any atom is -0.497 e. The summed E-state index contributed by atoms with van der Waals surface area (Å²) in [7, 11) is 4.87. The molecule has 0 spiro atoms. The second kappa shape index (κ2) is 10.9. The number of ether oxygens (including phenoxy) is 3. The van der Waals surface area contributed by atoms with Gasteiger partial charge >= 0.3 is 6.03 Å². The zero-order valence-electron chi connectivity index (χ0n) is 18.1. The maximum absolute atomic E-state index is 13.0. The van der Waals surface area contributed by atoms with Crippen molar-refractivity contribution in [1.29, 1.82) is 0 Å². The molecule has 0 aliphatic rings. The third kappa shape index (κ3) is 6.15. The van der Waals surface area contributed by atoms with Crippen LogP contribution in [0.1, 0.15) is 11.1 Å². The van der Waals surface area contributed by atoms with Crippen molar-refractivity contribution < 1.29 is 19.0 Å². The van der Waals surface area contributed by atoms with E-state index < -0.39 is 0 Å². The van der Waals surface area contributed by atoms with Crippen LogP contribution in [0.3, 0.4) is 0 Å². The maximum Gasteiger partial charge on any atom is 0.322 e. The number of carbonyl (C=O) groups excluding carboxylic acids is 1. The quantitative estimate of drug-likeness (QED) is 0.530. The largest absolute Gasteiger partial charge is 0.497 e. The molecular weight excluding hydrogens is 392 g/mol. The molecule has 0 saturated carbocycles. The number of nitrogens with one attached hydrogen (secondary N) is 1. The molecule has 1 N–H and O–H groups in total. The van der Waals surface area contributed by atoms with Gasteiger partial charge in [0.25, 0.3) is 0 Å². The van der Waals surface area contributed by atoms with Gasteiger partial charge in [-0.15, -0.1) is 0 Å². The van der Waals surface area contributed by atoms with Crippen LogP contribution in [0.5, 0.6) is 17.2 Å². The lowest BCUT2D eigenvalue weighted by Crippen LogP contribution is -2.36. The molecule has 0 radical (unpaired) electrons. The van der Waals surface area contributed by atoms with E-state index in [0.29, 0.717) is 31.0 Å². The van der Waals surface area contributed by atoms with Crippen LogP contribution in [0.2, 0.25) is 0 Å². The SMILES string of the molecule is COc1ccc(CN(CCc2ccc(OC)c(OC)c2)C(=O)Nc2ccccc2)cc1. The lowest BCUT2D eigenvalue weighted by Gasteiger charge is -2.24. The molecule has 0 atom stereocenters. The van der Waals surface area contributed by atoms with Crippen LogP contribution >= 0.6 is 0 Å². The van der Waals surface area contributed by atoms with Crippen molar-refractivity contribution in [2.75, 3.05) is 33.2 Å². The van der Waals surface area contributed by atoms with E-state index >= 15 is 0 Å². The number of carbonyl (C=O) groups is 1. The lowest BCUT2D eigenvalue weighted by atomic mass is 10.1. The number of urea groups is 1. The van der Waals surface area contributed by atoms with Crippen molar-refractivity contribution >= 4 is 11.7 Å². The standard InChI is InChI=1S/C25H28N2O4/c1-29-22-12-9-20(10-13-22)18-27(25(28)26-21-7-5-4-6-8-21)16-15-19-11-14-23(30-2)24(17-19)31-3/h4-14,17H,15-16,18H2,1-3H3,(H,26,28). The number of anilines is 1. The van der Waals surface area contributed by atoms with Gasteiger partial charge in [0.2, 0.25) is 0 Å². The first-order valence-corrected chi connectivity index (χ1v) is 10.1. The molecular formula is C25H28N2O4. The van der Waals surface area contributed by atoms with Crippen molar-refractivity contribution in [2.45, 2.75) is 13.0 Å². The smallest absolute Gasteiger partial charge is 0.322 e. The zero-order valence-corrected chi connectivity index (χ0v) is 18.1. The molecule has 0 aromatic heterocycles. The highest BCUT2D eigenvalue weighted by Gasteiger charge is 2.15. The lowest BCUT2D eigenvalue weighted by molar-refractivity contribution is 0.210. The molecule has 0 aliphatic heterocycles. The highest BCUT2D eigenvalue weighted by molar-refractivity contribution is 5.89. The molecule has 3 rings (SSSR count). The Bertz CT molecular complexity index is 975. The average Bonchev–Trinajstić information content (AvgIpc) is 2.82. The van der Waals surface area contributed by atoms with Crippen LogP contribution in [0.4, 0.5) is 10.5 Å². The number of hydrogen-bond donors (Lipinski definition) is 1. The zero-order chi connectivity index (χ0) is 22.1. The number of benzene rings is 3. The Morgan fingerprint density at radius 1 is 0.806 bits per heavy atom. The van der Waals surface area contributed by atoms with Gasteiger partial charge in [0.1, 0.15) is 5.75 Å². The maximum atomic E-state index is 13.0. The molecule has 0 bridgehead atoms. The molecule has 0 saturated heterocycles. The van der Waals surface area contributed by atoms with Crippen molar-refractivity contribution in [3.05, 3.63) is 83.9 Å². The Labute approximate surface area is 183 Å². The first-order valence-electron chi connectivity index (χ1n) is 10.1. The van der Waals surface area contributed by atoms with E-state index in [1.165, 1.54) is 0 Å². The number of methoxy groups -OCH3 is 3. The molecule has 3 aromatic rings. The van der Waals surface area contributed by atoms with Crippen molar-refractivity contribution in [3.8, 4) is 17.2 Å². The van der Waals surface area contributed by atoms with Gasteiger partial charge in [-0.3, -0.25) is 0 Å². The molecule has 6 nitrogen and oxygen atoms in total. The fraction of sp³-hybridized carbons (Fsp3) is 0.240. The third-order valence-electron chi connectivity index (χ3n) is 4.96. The van der Waals surface area contributed by atoms with Gasteiger partial charge in [0, 0.05) is 18.8 Å². The first-order chi connectivity index (χ1) is 15.1. The Morgan fingerprint density at radius 3 is 2.13 bits per heavy atom. The van der Waals surface area contributed by atoms with Crippen LogP contribution in [-0.2, 0) is 13.0 Å². The molecule has 162 valence electrons. The van der Waals surface area contributed by atoms with E-state index in [1.54, 1.807) is 26.2 Å². The van der Waals surface area contributed by atoms with E-state index in [9.17, 15) is 4.79 Å². The highest BCUT2D eigenvalue weighted by atomic mass is 16.5. The summed E-state index contributed by atoms with van der Waals surface area (Å²) in [4.78, 5) is 14.8. The molecule has 6 heteroatoms. The fourth-order valence-corrected chi connectivity index (χ4v) is 3.23. The molecule has 2 amide bonds. The summed E-state index contributed by atoms with van der Waals surface area (Å²) in [5, 5.41) is 2.98. The summed E-state index contributed by atoms with van der Waals surface area (Å²) in [6.07, 6.45) is 0.679. The van der Waals surface area contributed by atoms with E-state index in [-0.39, 0.29) is 6.03 Å². The summed E-state index contributed by atoms with van der Waals surface area (Å²) in [5.74, 6) is 2.15. The molecule has 0 fully saturated rings. The predicted molar refractivity (Wildman–Crippen MR) is 122 cm³/mol. The Hall–Kier alpha value is -3.67. The molecule has 0 aliphatic carbocycles. The van der Waals surface area contributed by atoms with Crippen LogP contribution in [0.25, 0.3) is 0 Å². The average molecular weight is 421 g/mol. The van der Waals surface area contributed by atoms with Crippen LogP contribution in [0.15, 0.2) is 72.8 Å². The fourth-order valence-electron chi connectivity index (χ4n) is 3.23. The van der Waals surface area contributed by atoms with Gasteiger partial charge in [-0.25, -0.2) is 4.79 Å². The summed E-state index contributed by atoms with van der Waals surface area (Å²) >= 11 is 0. The normalized spacial score (nSPS) is 10.3. The summed E-state index contributed by atoms with van der Waals surface area (Å²) in [5.41, 5.74) is 2.85. The van der Waals surface area contributed by atoms with E-state index in [1.807, 2.05) is 72.8 Å². The molecule has 0 heterocycles. The summed E-state index contributed by atoms with van der Waals surface area (Å²) < 4.78 is 15.9. The third-order valence-corrected chi connectivity index (χ3v) is 4.96. The van der Waals surface area contributed by atoms with Crippen LogP contribution in [0, 0.1) is 0 Å². The van der Waals surface area contributed by atoms with Crippen LogP contribution < -0.4 is 19.5 Å². The number of amides is 2. The Morgan fingerprint density at radius 2 is 1.48 bits per heavy atom. The highest BCUT2D eigenvalue weighted by Crippen LogP contribution is 2.28. The molecule has 0 unspecified atom stereocenters. The van der Waals surface area contributed by atoms with E-state index in [0.717, 1.165) is 22.6 Å². The summed E-state index contributed by atoms with van der Waals surface area (Å²) in [6.45, 7) is 1.02. The molecule has 31 heavy (non-hydrogen) atoms. The Kier molecular flexibility index (Phi) is 7.76. The van der Waals surface area contributed by atoms with Crippen molar-refractivity contribution in [1.82, 2.24) is 4.90 Å². The Balaban J connectivity index is 1.74. The van der Waals surface area contributed by atoms with Gasteiger partial charge in [-0.1, -0.05) is 36.4 Å². The first kappa shape index (κ1) is 22.0. The van der Waals surface area contributed by atoms with Gasteiger partial charge < -0.3 is 24.4 Å². The second-order valence-corrected chi connectivity index (χ2v) is 7.01. The minimum atomic E-state index is -0.150. The van der Waals surface area contributed by atoms with Gasteiger partial charge in [-0.05, 0) is 53.9 Å². The number of hydrogen-bond acceptors (Lipinski definition) is 4. The number of nitrogens with zero attached hydrogens (tertiary/aromatic N) is 1. The monoisotopic (exact) mass is 420 g/mol. The second-order valence-electron chi connectivity index (χ2n) is 7.01. The van der Waals surface area contributed by atoms with Gasteiger partial charge in [-0.2, -0.15) is 0 Å². The van der Waals surface area contributed by atoms with E-state index in [2.05, 4.69) is 5.32 Å². The molecule has 3 aromatic carbocycles. The van der Waals surface area contributed by atoms with Crippen molar-refractivity contribution in [2.24, 2.45) is 0 Å².